The average molecular weight is 635 g/mol. The second kappa shape index (κ2) is 13.9. The molecule has 3 aromatic rings. The van der Waals surface area contributed by atoms with Crippen LogP contribution in [0.2, 0.25) is 0 Å². The number of likely N-dealkylation sites (tertiary alicyclic amines) is 1. The molecule has 1 fully saturated rings. The van der Waals surface area contributed by atoms with E-state index in [1.807, 2.05) is 12.1 Å². The van der Waals surface area contributed by atoms with E-state index in [2.05, 4.69) is 27.4 Å². The number of aliphatic hydroxyl groups is 1. The predicted octanol–water partition coefficient (Wildman–Crippen LogP) is 5.03. The van der Waals surface area contributed by atoms with Gasteiger partial charge in [-0.3, -0.25) is 0 Å². The van der Waals surface area contributed by atoms with Crippen molar-refractivity contribution in [3.8, 4) is 23.7 Å². The molecule has 0 spiro atoms. The Morgan fingerprint density at radius 2 is 1.95 bits per heavy atom. The van der Waals surface area contributed by atoms with Gasteiger partial charge in [-0.05, 0) is 48.9 Å². The van der Waals surface area contributed by atoms with E-state index in [1.165, 1.54) is 29.5 Å². The van der Waals surface area contributed by atoms with Gasteiger partial charge in [0.05, 0.1) is 44.9 Å². The number of nitrogens with one attached hydrogen (secondary N) is 2. The van der Waals surface area contributed by atoms with Crippen LogP contribution in [0.5, 0.6) is 5.75 Å². The maximum Gasteiger partial charge on any atom is 0.393 e. The minimum atomic E-state index is -4.42. The number of anilines is 2. The molecule has 0 radical (unpaired) electrons. The Morgan fingerprint density at radius 1 is 1.21 bits per heavy atom. The lowest BCUT2D eigenvalue weighted by Crippen LogP contribution is -2.41. The lowest BCUT2D eigenvalue weighted by molar-refractivity contribution is -0.126. The fraction of sp³-hybridized carbons (Fsp3) is 0.433. The van der Waals surface area contributed by atoms with E-state index >= 15 is 0 Å². The van der Waals surface area contributed by atoms with E-state index < -0.39 is 28.5 Å². The zero-order chi connectivity index (χ0) is 31.2. The number of benzene rings is 2. The summed E-state index contributed by atoms with van der Waals surface area (Å²) in [5.41, 5.74) is 1.30. The average Bonchev–Trinajstić information content (AvgIpc) is 3.27. The normalized spacial score (nSPS) is 15.4. The van der Waals surface area contributed by atoms with Crippen molar-refractivity contribution >= 4 is 42.6 Å². The van der Waals surface area contributed by atoms with Crippen LogP contribution in [0.4, 0.5) is 24.5 Å². The van der Waals surface area contributed by atoms with Gasteiger partial charge in [-0.1, -0.05) is 24.0 Å². The third-order valence-corrected chi connectivity index (χ3v) is 9.21. The number of nitrogens with zero attached hydrogens (tertiary/aromatic N) is 2. The van der Waals surface area contributed by atoms with Crippen LogP contribution in [-0.2, 0) is 16.3 Å². The van der Waals surface area contributed by atoms with Gasteiger partial charge in [0.2, 0.25) is 0 Å². The summed E-state index contributed by atoms with van der Waals surface area (Å²) in [4.78, 5) is 2.55. The van der Waals surface area contributed by atoms with Crippen LogP contribution in [-0.4, -0.2) is 75.8 Å². The third kappa shape index (κ3) is 9.00. The molecular weight excluding hydrogens is 601 g/mol. The maximum absolute atomic E-state index is 13.6. The topological polar surface area (TPSA) is 115 Å². The van der Waals surface area contributed by atoms with E-state index in [1.54, 1.807) is 19.1 Å². The van der Waals surface area contributed by atoms with Crippen molar-refractivity contribution in [2.45, 2.75) is 49.4 Å². The van der Waals surface area contributed by atoms with Gasteiger partial charge in [0.25, 0.3) is 0 Å². The molecule has 2 heterocycles. The summed E-state index contributed by atoms with van der Waals surface area (Å²) in [6.45, 7) is 3.77. The standard InChI is InChI=1S/C30H33F3N4O4S2/c1-20(38)19-37-14-10-21(11-15-37)36-26-6-3-5-23-24(18-30(31,32)33)28(42-29(23)26)7-4-13-35-25-9-8-22(43(2,39)40)17-27(25)41-16-12-34/h3,5-6,8-9,17,20-21,35-36,38H,10-11,13-16,18-19H2,1-2H3. The number of piperidine rings is 1. The number of nitriles is 1. The number of aliphatic hydroxyl groups excluding tert-OH is 1. The summed E-state index contributed by atoms with van der Waals surface area (Å²) in [6, 6.07) is 11.5. The zero-order valence-electron chi connectivity index (χ0n) is 23.8. The molecule has 1 unspecified atom stereocenters. The molecule has 43 heavy (non-hydrogen) atoms. The smallest absolute Gasteiger partial charge is 0.393 e. The molecule has 1 atom stereocenters. The van der Waals surface area contributed by atoms with Crippen LogP contribution in [0.15, 0.2) is 41.3 Å². The highest BCUT2D eigenvalue weighted by molar-refractivity contribution is 7.90. The molecule has 230 valence electrons. The van der Waals surface area contributed by atoms with Gasteiger partial charge >= 0.3 is 6.18 Å². The van der Waals surface area contributed by atoms with Crippen molar-refractivity contribution in [3.63, 3.8) is 0 Å². The van der Waals surface area contributed by atoms with Crippen molar-refractivity contribution in [2.75, 3.05) is 49.7 Å². The van der Waals surface area contributed by atoms with Gasteiger partial charge in [-0.15, -0.1) is 11.3 Å². The number of halogens is 3. The van der Waals surface area contributed by atoms with Crippen LogP contribution < -0.4 is 15.4 Å². The van der Waals surface area contributed by atoms with Gasteiger partial charge in [0, 0.05) is 38.0 Å². The Balaban J connectivity index is 1.56. The molecule has 0 aliphatic carbocycles. The molecule has 4 rings (SSSR count). The van der Waals surface area contributed by atoms with Crippen molar-refractivity contribution in [3.05, 3.63) is 46.8 Å². The van der Waals surface area contributed by atoms with Gasteiger partial charge in [-0.2, -0.15) is 18.4 Å². The molecular formula is C30H33F3N4O4S2. The number of β-amino-alcohol motifs (C(OH)–C–C–N with tert-alkyl or cyclic N) is 1. The summed E-state index contributed by atoms with van der Waals surface area (Å²) in [7, 11) is -3.51. The van der Waals surface area contributed by atoms with Crippen LogP contribution in [0.1, 0.15) is 30.2 Å². The van der Waals surface area contributed by atoms with Crippen molar-refractivity contribution in [2.24, 2.45) is 0 Å². The van der Waals surface area contributed by atoms with Crippen molar-refractivity contribution < 1.29 is 31.4 Å². The van der Waals surface area contributed by atoms with Gasteiger partial charge < -0.3 is 25.4 Å². The van der Waals surface area contributed by atoms with Gasteiger partial charge in [-0.25, -0.2) is 8.42 Å². The first-order chi connectivity index (χ1) is 20.3. The highest BCUT2D eigenvalue weighted by Gasteiger charge is 2.31. The second-order valence-corrected chi connectivity index (χ2v) is 13.5. The first kappa shape index (κ1) is 32.4. The highest BCUT2D eigenvalue weighted by Crippen LogP contribution is 2.39. The maximum atomic E-state index is 13.6. The van der Waals surface area contributed by atoms with Crippen LogP contribution >= 0.6 is 11.3 Å². The van der Waals surface area contributed by atoms with E-state index in [4.69, 9.17) is 10.00 Å². The van der Waals surface area contributed by atoms with E-state index in [0.29, 0.717) is 27.2 Å². The van der Waals surface area contributed by atoms with Gasteiger partial charge in [0.15, 0.2) is 16.4 Å². The Kier molecular flexibility index (Phi) is 10.5. The third-order valence-electron chi connectivity index (χ3n) is 6.91. The highest BCUT2D eigenvalue weighted by atomic mass is 32.2. The summed E-state index contributed by atoms with van der Waals surface area (Å²) in [5.74, 6) is 5.94. The molecule has 2 aromatic carbocycles. The summed E-state index contributed by atoms with van der Waals surface area (Å²) < 4.78 is 70.8. The number of sulfone groups is 1. The molecule has 0 amide bonds. The van der Waals surface area contributed by atoms with Crippen LogP contribution in [0.3, 0.4) is 0 Å². The Morgan fingerprint density at radius 3 is 2.60 bits per heavy atom. The largest absolute Gasteiger partial charge is 0.477 e. The molecule has 0 bridgehead atoms. The summed E-state index contributed by atoms with van der Waals surface area (Å²) in [6.07, 6.45) is -3.16. The lowest BCUT2D eigenvalue weighted by Gasteiger charge is -2.33. The van der Waals surface area contributed by atoms with Crippen molar-refractivity contribution in [1.82, 2.24) is 4.90 Å². The summed E-state index contributed by atoms with van der Waals surface area (Å²) >= 11 is 1.22. The monoisotopic (exact) mass is 634 g/mol. The molecule has 1 aromatic heterocycles. The molecule has 1 aliphatic rings. The first-order valence-electron chi connectivity index (χ1n) is 13.7. The second-order valence-electron chi connectivity index (χ2n) is 10.5. The fourth-order valence-corrected chi connectivity index (χ4v) is 6.79. The number of rotatable bonds is 10. The predicted molar refractivity (Wildman–Crippen MR) is 162 cm³/mol. The minimum absolute atomic E-state index is 0.0221. The number of hydrogen-bond acceptors (Lipinski definition) is 9. The lowest BCUT2D eigenvalue weighted by atomic mass is 10.0. The number of thiophene rings is 1. The SMILES string of the molecule is CC(O)CN1CCC(Nc2cccc3c(CC(F)(F)F)c(C#CCNc4ccc(S(C)(=O)=O)cc4OCC#N)sc23)CC1. The number of fused-ring (bicyclic) bond motifs is 1. The Hall–Kier alpha value is -3.49. The number of hydrogen-bond donors (Lipinski definition) is 3. The molecule has 13 heteroatoms. The van der Waals surface area contributed by atoms with E-state index in [-0.39, 0.29) is 35.4 Å². The zero-order valence-corrected chi connectivity index (χ0v) is 25.4. The number of alkyl halides is 3. The minimum Gasteiger partial charge on any atom is -0.477 e. The molecule has 8 nitrogen and oxygen atoms in total. The van der Waals surface area contributed by atoms with E-state index in [0.717, 1.165) is 37.9 Å². The molecule has 3 N–H and O–H groups in total. The Bertz CT molecular complexity index is 1650. The van der Waals surface area contributed by atoms with Gasteiger partial charge in [0.1, 0.15) is 11.8 Å². The van der Waals surface area contributed by atoms with Crippen molar-refractivity contribution in [1.29, 1.82) is 5.26 Å². The Labute approximate surface area is 253 Å². The molecule has 0 saturated carbocycles. The molecule has 1 saturated heterocycles. The number of ether oxygens (including phenoxy) is 1. The van der Waals surface area contributed by atoms with Crippen LogP contribution in [0.25, 0.3) is 10.1 Å². The quantitative estimate of drug-likeness (QED) is 0.266. The van der Waals surface area contributed by atoms with E-state index in [9.17, 15) is 26.7 Å². The fourth-order valence-electron chi connectivity index (χ4n) is 4.99. The first-order valence-corrected chi connectivity index (χ1v) is 16.4. The van der Waals surface area contributed by atoms with Crippen LogP contribution in [0, 0.1) is 23.2 Å². The molecule has 1 aliphatic heterocycles. The summed E-state index contributed by atoms with van der Waals surface area (Å²) in [5, 5.41) is 25.6.